The summed E-state index contributed by atoms with van der Waals surface area (Å²) in [5, 5.41) is 8.80. The number of nitrogens with zero attached hydrogens (tertiary/aromatic N) is 6. The van der Waals surface area contributed by atoms with Crippen LogP contribution in [0.2, 0.25) is 0 Å². The van der Waals surface area contributed by atoms with Gasteiger partial charge in [0.05, 0.1) is 18.4 Å². The summed E-state index contributed by atoms with van der Waals surface area (Å²) in [7, 11) is 0. The smallest absolute Gasteiger partial charge is 0.292 e. The molecular weight excluding hydrogens is 510 g/mol. The fourth-order valence-electron chi connectivity index (χ4n) is 6.03. The number of halogens is 2. The molecule has 0 saturated carbocycles. The van der Waals surface area contributed by atoms with E-state index in [-0.39, 0.29) is 49.6 Å². The highest BCUT2D eigenvalue weighted by molar-refractivity contribution is 5.92. The zero-order chi connectivity index (χ0) is 27.5. The molecule has 2 aliphatic rings. The monoisotopic (exact) mass is 542 g/mol. The summed E-state index contributed by atoms with van der Waals surface area (Å²) in [5.74, 6) is -2.05. The molecule has 206 valence electrons. The third-order valence-corrected chi connectivity index (χ3v) is 8.04. The van der Waals surface area contributed by atoms with Gasteiger partial charge in [0, 0.05) is 50.6 Å². The average molecular weight is 543 g/mol. The van der Waals surface area contributed by atoms with Crippen molar-refractivity contribution in [2.24, 2.45) is 0 Å². The number of rotatable bonds is 7. The van der Waals surface area contributed by atoms with Gasteiger partial charge in [0.2, 0.25) is 5.82 Å². The third kappa shape index (κ3) is 5.38. The zero-order valence-electron chi connectivity index (χ0n) is 22.2. The van der Waals surface area contributed by atoms with E-state index in [0.717, 1.165) is 24.0 Å². The average Bonchev–Trinajstić information content (AvgIpc) is 3.63. The highest BCUT2D eigenvalue weighted by atomic mass is 19.3. The van der Waals surface area contributed by atoms with Crippen LogP contribution in [0.15, 0.2) is 85.2 Å². The summed E-state index contributed by atoms with van der Waals surface area (Å²) in [6.45, 7) is 1.47. The molecule has 0 bridgehead atoms. The molecule has 2 saturated heterocycles. The van der Waals surface area contributed by atoms with Crippen molar-refractivity contribution >= 4 is 5.91 Å². The summed E-state index contributed by atoms with van der Waals surface area (Å²) in [6.07, 6.45) is 4.73. The summed E-state index contributed by atoms with van der Waals surface area (Å²) >= 11 is 0. The molecule has 2 aliphatic heterocycles. The van der Waals surface area contributed by atoms with Gasteiger partial charge in [-0.2, -0.15) is 0 Å². The largest absolute Gasteiger partial charge is 0.332 e. The van der Waals surface area contributed by atoms with E-state index in [4.69, 9.17) is 0 Å². The molecular formula is C31H32F2N6O. The number of alkyl halides is 2. The molecule has 9 heteroatoms. The second kappa shape index (κ2) is 11.3. The van der Waals surface area contributed by atoms with E-state index in [2.05, 4.69) is 39.4 Å². The third-order valence-electron chi connectivity index (χ3n) is 8.04. The fraction of sp³-hybridized carbons (Fsp3) is 0.355. The summed E-state index contributed by atoms with van der Waals surface area (Å²) in [4.78, 5) is 22.4. The Morgan fingerprint density at radius 1 is 0.900 bits per heavy atom. The molecule has 40 heavy (non-hydrogen) atoms. The van der Waals surface area contributed by atoms with Crippen molar-refractivity contribution in [3.8, 4) is 5.69 Å². The molecule has 0 unspecified atom stereocenters. The SMILES string of the molecule is O=C(c1nnc(CN2CCC(F)(F)CC2)n1-c1cccnc1)N1CCC[C@@H]1C(c1ccccc1)c1ccccc1. The minimum absolute atomic E-state index is 0.0121. The van der Waals surface area contributed by atoms with Crippen LogP contribution in [-0.4, -0.2) is 67.1 Å². The van der Waals surface area contributed by atoms with Gasteiger partial charge in [-0.15, -0.1) is 10.2 Å². The van der Waals surface area contributed by atoms with E-state index in [1.807, 2.05) is 52.3 Å². The maximum Gasteiger partial charge on any atom is 0.292 e. The summed E-state index contributed by atoms with van der Waals surface area (Å²) in [6, 6.07) is 24.2. The topological polar surface area (TPSA) is 67.2 Å². The van der Waals surface area contributed by atoms with Crippen LogP contribution in [0.5, 0.6) is 0 Å². The van der Waals surface area contributed by atoms with Crippen molar-refractivity contribution in [1.82, 2.24) is 29.5 Å². The first-order valence-electron chi connectivity index (χ1n) is 13.9. The first kappa shape index (κ1) is 26.3. The molecule has 0 spiro atoms. The molecule has 2 aromatic heterocycles. The standard InChI is InChI=1S/C31H32F2N6O/c32-31(33)15-19-37(20-16-31)22-27-35-36-29(39(27)25-13-7-17-34-21-25)30(40)38-18-8-14-26(38)28(23-9-3-1-4-10-23)24-11-5-2-6-12-24/h1-7,9-13,17,21,26,28H,8,14-16,18-20,22H2/t26-/m1/s1. The maximum absolute atomic E-state index is 14.3. The summed E-state index contributed by atoms with van der Waals surface area (Å²) < 4.78 is 29.3. The molecule has 0 aliphatic carbocycles. The van der Waals surface area contributed by atoms with Crippen molar-refractivity contribution in [3.63, 3.8) is 0 Å². The lowest BCUT2D eigenvalue weighted by atomic mass is 9.84. The highest BCUT2D eigenvalue weighted by Gasteiger charge is 2.39. The second-order valence-electron chi connectivity index (χ2n) is 10.6. The van der Waals surface area contributed by atoms with Crippen molar-refractivity contribution in [2.45, 2.75) is 50.1 Å². The van der Waals surface area contributed by atoms with Crippen molar-refractivity contribution in [3.05, 3.63) is 108 Å². The van der Waals surface area contributed by atoms with Crippen LogP contribution in [-0.2, 0) is 6.54 Å². The number of piperidine rings is 1. The number of carbonyl (C=O) groups excluding carboxylic acids is 1. The van der Waals surface area contributed by atoms with Crippen molar-refractivity contribution < 1.29 is 13.6 Å². The van der Waals surface area contributed by atoms with Gasteiger partial charge in [-0.3, -0.25) is 19.2 Å². The Labute approximate surface area is 232 Å². The van der Waals surface area contributed by atoms with Gasteiger partial charge in [-0.1, -0.05) is 60.7 Å². The van der Waals surface area contributed by atoms with E-state index in [9.17, 15) is 13.6 Å². The minimum Gasteiger partial charge on any atom is -0.332 e. The molecule has 4 aromatic rings. The predicted octanol–water partition coefficient (Wildman–Crippen LogP) is 5.33. The van der Waals surface area contributed by atoms with Crippen LogP contribution in [0.3, 0.4) is 0 Å². The van der Waals surface area contributed by atoms with Gasteiger partial charge < -0.3 is 4.90 Å². The predicted molar refractivity (Wildman–Crippen MR) is 147 cm³/mol. The number of amides is 1. The van der Waals surface area contributed by atoms with Gasteiger partial charge in [0.25, 0.3) is 11.8 Å². The van der Waals surface area contributed by atoms with Gasteiger partial charge in [0.15, 0.2) is 5.82 Å². The van der Waals surface area contributed by atoms with Gasteiger partial charge in [-0.05, 0) is 36.1 Å². The zero-order valence-corrected chi connectivity index (χ0v) is 22.2. The Morgan fingerprint density at radius 2 is 1.57 bits per heavy atom. The molecule has 2 fully saturated rings. The highest BCUT2D eigenvalue weighted by Crippen LogP contribution is 2.37. The Balaban J connectivity index is 1.34. The van der Waals surface area contributed by atoms with E-state index in [0.29, 0.717) is 24.6 Å². The van der Waals surface area contributed by atoms with E-state index in [1.165, 1.54) is 0 Å². The lowest BCUT2D eigenvalue weighted by molar-refractivity contribution is -0.0571. The summed E-state index contributed by atoms with van der Waals surface area (Å²) in [5.41, 5.74) is 3.00. The van der Waals surface area contributed by atoms with E-state index in [1.54, 1.807) is 23.0 Å². The van der Waals surface area contributed by atoms with Gasteiger partial charge in [0.1, 0.15) is 0 Å². The van der Waals surface area contributed by atoms with E-state index >= 15 is 0 Å². The number of hydrogen-bond acceptors (Lipinski definition) is 5. The van der Waals surface area contributed by atoms with Crippen molar-refractivity contribution in [2.75, 3.05) is 19.6 Å². The minimum atomic E-state index is -2.63. The van der Waals surface area contributed by atoms with E-state index < -0.39 is 5.92 Å². The molecule has 6 rings (SSSR count). The molecule has 1 amide bonds. The number of carbonyl (C=O) groups is 1. The number of pyridine rings is 1. The van der Waals surface area contributed by atoms with Crippen LogP contribution in [0.4, 0.5) is 8.78 Å². The first-order chi connectivity index (χ1) is 19.5. The quantitative estimate of drug-likeness (QED) is 0.316. The molecule has 0 radical (unpaired) electrons. The van der Waals surface area contributed by atoms with Gasteiger partial charge in [-0.25, -0.2) is 8.78 Å². The lowest BCUT2D eigenvalue weighted by Gasteiger charge is -2.33. The van der Waals surface area contributed by atoms with Crippen LogP contribution in [0.25, 0.3) is 5.69 Å². The molecule has 1 atom stereocenters. The number of hydrogen-bond donors (Lipinski definition) is 0. The van der Waals surface area contributed by atoms with Crippen LogP contribution < -0.4 is 0 Å². The first-order valence-corrected chi connectivity index (χ1v) is 13.9. The maximum atomic E-state index is 14.3. The van der Waals surface area contributed by atoms with Crippen molar-refractivity contribution in [1.29, 1.82) is 0 Å². The Hall–Kier alpha value is -3.98. The fourth-order valence-corrected chi connectivity index (χ4v) is 6.03. The number of benzene rings is 2. The number of aromatic nitrogens is 4. The second-order valence-corrected chi connectivity index (χ2v) is 10.6. The van der Waals surface area contributed by atoms with Crippen LogP contribution in [0.1, 0.15) is 59.2 Å². The molecule has 7 nitrogen and oxygen atoms in total. The van der Waals surface area contributed by atoms with Crippen LogP contribution >= 0.6 is 0 Å². The van der Waals surface area contributed by atoms with Crippen LogP contribution in [0, 0.1) is 0 Å². The molecule has 0 N–H and O–H groups in total. The molecule has 2 aromatic carbocycles. The Morgan fingerprint density at radius 3 is 2.20 bits per heavy atom. The Kier molecular flexibility index (Phi) is 7.38. The molecule has 4 heterocycles. The lowest BCUT2D eigenvalue weighted by Crippen LogP contribution is -2.41. The normalized spacial score (nSPS) is 19.3. The number of likely N-dealkylation sites (tertiary alicyclic amines) is 2. The van der Waals surface area contributed by atoms with Gasteiger partial charge >= 0.3 is 0 Å². The Bertz CT molecular complexity index is 1380.